The van der Waals surface area contributed by atoms with Crippen LogP contribution in [0.4, 0.5) is 0 Å². The fourth-order valence-electron chi connectivity index (χ4n) is 1.88. The van der Waals surface area contributed by atoms with Crippen molar-refractivity contribution < 1.29 is 0 Å². The van der Waals surface area contributed by atoms with Gasteiger partial charge in [-0.05, 0) is 23.8 Å². The largest absolute Gasteiger partial charge is 0.365 e. The molecule has 0 amide bonds. The average Bonchev–Trinajstić information content (AvgIpc) is 2.82. The van der Waals surface area contributed by atoms with Crippen molar-refractivity contribution in [1.29, 1.82) is 0 Å². The summed E-state index contributed by atoms with van der Waals surface area (Å²) in [7, 11) is 0. The van der Waals surface area contributed by atoms with Gasteiger partial charge in [-0.25, -0.2) is 0 Å². The molecule has 0 saturated carbocycles. The molecule has 2 aromatic heterocycles. The maximum Gasteiger partial charge on any atom is 0.0922 e. The lowest BCUT2D eigenvalue weighted by atomic mass is 10.1. The van der Waals surface area contributed by atoms with Crippen LogP contribution in [0.25, 0.3) is 11.0 Å². The quantitative estimate of drug-likeness (QED) is 0.704. The first kappa shape index (κ1) is 9.09. The van der Waals surface area contributed by atoms with Gasteiger partial charge in [0.05, 0.1) is 11.0 Å². The minimum absolute atomic E-state index is 0.864. The number of nitrogens with zero attached hydrogens (tertiary/aromatic N) is 2. The van der Waals surface area contributed by atoms with E-state index in [2.05, 4.69) is 27.1 Å². The minimum atomic E-state index is 0.864. The molecule has 1 N–H and O–H groups in total. The van der Waals surface area contributed by atoms with Gasteiger partial charge in [-0.1, -0.05) is 12.1 Å². The highest BCUT2D eigenvalue weighted by Gasteiger charge is 2.03. The molecule has 0 aliphatic rings. The summed E-state index contributed by atoms with van der Waals surface area (Å²) in [5.74, 6) is 0. The van der Waals surface area contributed by atoms with Gasteiger partial charge in [0, 0.05) is 30.7 Å². The number of H-pyrrole nitrogens is 1. The summed E-state index contributed by atoms with van der Waals surface area (Å²) >= 11 is 0. The van der Waals surface area contributed by atoms with Crippen LogP contribution < -0.4 is 0 Å². The minimum Gasteiger partial charge on any atom is -0.365 e. The van der Waals surface area contributed by atoms with Crippen molar-refractivity contribution in [3.63, 3.8) is 0 Å². The Kier molecular flexibility index (Phi) is 2.14. The first-order valence-electron chi connectivity index (χ1n) is 5.24. The molecule has 1 aromatic carbocycles. The van der Waals surface area contributed by atoms with E-state index >= 15 is 0 Å². The maximum atomic E-state index is 4.39. The third-order valence-electron chi connectivity index (χ3n) is 2.63. The molecule has 2 heterocycles. The monoisotopic (exact) mass is 209 g/mol. The molecule has 0 fully saturated rings. The highest BCUT2D eigenvalue weighted by molar-refractivity contribution is 5.77. The number of rotatable bonds is 2. The zero-order valence-corrected chi connectivity index (χ0v) is 8.72. The average molecular weight is 209 g/mol. The van der Waals surface area contributed by atoms with Crippen molar-refractivity contribution in [2.75, 3.05) is 0 Å². The number of hydrogen-bond acceptors (Lipinski definition) is 2. The van der Waals surface area contributed by atoms with Crippen molar-refractivity contribution in [2.45, 2.75) is 6.42 Å². The molecule has 78 valence electrons. The molecule has 3 heteroatoms. The van der Waals surface area contributed by atoms with E-state index in [1.165, 1.54) is 11.3 Å². The van der Waals surface area contributed by atoms with Gasteiger partial charge in [-0.2, -0.15) is 0 Å². The van der Waals surface area contributed by atoms with Crippen LogP contribution in [0.1, 0.15) is 11.3 Å². The Labute approximate surface area is 93.2 Å². The van der Waals surface area contributed by atoms with Gasteiger partial charge in [-0.15, -0.1) is 0 Å². The molecule has 0 bridgehead atoms. The third-order valence-corrected chi connectivity index (χ3v) is 2.63. The lowest BCUT2D eigenvalue weighted by molar-refractivity contribution is 1.11. The van der Waals surface area contributed by atoms with Gasteiger partial charge in [0.2, 0.25) is 0 Å². The van der Waals surface area contributed by atoms with Crippen molar-refractivity contribution in [1.82, 2.24) is 15.0 Å². The fourth-order valence-corrected chi connectivity index (χ4v) is 1.88. The molecule has 0 unspecified atom stereocenters. The molecule has 0 radical (unpaired) electrons. The number of aromatic amines is 1. The number of benzene rings is 1. The SMILES string of the molecule is c1c[nH]c(Cc2cccc3nccnc23)c1. The first-order chi connectivity index (χ1) is 7.93. The maximum absolute atomic E-state index is 4.39. The lowest BCUT2D eigenvalue weighted by Crippen LogP contribution is -1.92. The van der Waals surface area contributed by atoms with E-state index in [9.17, 15) is 0 Å². The molecule has 3 nitrogen and oxygen atoms in total. The number of fused-ring (bicyclic) bond motifs is 1. The highest BCUT2D eigenvalue weighted by Crippen LogP contribution is 2.16. The van der Waals surface area contributed by atoms with Crippen molar-refractivity contribution in [3.8, 4) is 0 Å². The predicted molar refractivity (Wildman–Crippen MR) is 63.1 cm³/mol. The second kappa shape index (κ2) is 3.77. The van der Waals surface area contributed by atoms with E-state index < -0.39 is 0 Å². The molecule has 16 heavy (non-hydrogen) atoms. The Morgan fingerprint density at radius 1 is 1.00 bits per heavy atom. The molecule has 3 aromatic rings. The second-order valence-corrected chi connectivity index (χ2v) is 3.71. The van der Waals surface area contributed by atoms with E-state index in [1.54, 1.807) is 12.4 Å². The fraction of sp³-hybridized carbons (Fsp3) is 0.0769. The summed E-state index contributed by atoms with van der Waals surface area (Å²) in [5, 5.41) is 0. The van der Waals surface area contributed by atoms with Crippen LogP contribution in [-0.2, 0) is 6.42 Å². The molecule has 3 rings (SSSR count). The highest BCUT2D eigenvalue weighted by atomic mass is 14.8. The van der Waals surface area contributed by atoms with Crippen LogP contribution in [0.2, 0.25) is 0 Å². The molecular formula is C13H11N3. The Balaban J connectivity index is 2.10. The topological polar surface area (TPSA) is 41.6 Å². The Hall–Kier alpha value is -2.16. The molecule has 0 saturated heterocycles. The number of aromatic nitrogens is 3. The van der Waals surface area contributed by atoms with Crippen LogP contribution >= 0.6 is 0 Å². The van der Waals surface area contributed by atoms with Crippen LogP contribution in [0.15, 0.2) is 48.9 Å². The van der Waals surface area contributed by atoms with Gasteiger partial charge < -0.3 is 4.98 Å². The standard InChI is InChI=1S/C13H11N3/c1-3-10(9-11-4-2-6-14-11)13-12(5-1)15-7-8-16-13/h1-8,14H,9H2. The van der Waals surface area contributed by atoms with Crippen molar-refractivity contribution >= 4 is 11.0 Å². The number of nitrogens with one attached hydrogen (secondary N) is 1. The molecule has 0 aliphatic heterocycles. The molecule has 0 atom stereocenters. The van der Waals surface area contributed by atoms with Crippen LogP contribution in [0.5, 0.6) is 0 Å². The van der Waals surface area contributed by atoms with Gasteiger partial charge in [0.25, 0.3) is 0 Å². The van der Waals surface area contributed by atoms with Crippen molar-refractivity contribution in [2.24, 2.45) is 0 Å². The van der Waals surface area contributed by atoms with E-state index in [-0.39, 0.29) is 0 Å². The van der Waals surface area contributed by atoms with Gasteiger partial charge in [-0.3, -0.25) is 9.97 Å². The van der Waals surface area contributed by atoms with E-state index in [4.69, 9.17) is 0 Å². The third kappa shape index (κ3) is 1.56. The normalized spacial score (nSPS) is 10.8. The first-order valence-corrected chi connectivity index (χ1v) is 5.24. The van der Waals surface area contributed by atoms with Crippen LogP contribution in [0, 0.1) is 0 Å². The smallest absolute Gasteiger partial charge is 0.0922 e. The van der Waals surface area contributed by atoms with E-state index in [0.29, 0.717) is 0 Å². The second-order valence-electron chi connectivity index (χ2n) is 3.71. The summed E-state index contributed by atoms with van der Waals surface area (Å²) in [4.78, 5) is 11.9. The summed E-state index contributed by atoms with van der Waals surface area (Å²) in [6, 6.07) is 10.2. The lowest BCUT2D eigenvalue weighted by Gasteiger charge is -2.03. The van der Waals surface area contributed by atoms with E-state index in [1.807, 2.05) is 24.4 Å². The zero-order chi connectivity index (χ0) is 10.8. The molecular weight excluding hydrogens is 198 g/mol. The number of hydrogen-bond donors (Lipinski definition) is 1. The van der Waals surface area contributed by atoms with Crippen LogP contribution in [0.3, 0.4) is 0 Å². The summed E-state index contributed by atoms with van der Waals surface area (Å²) in [5.41, 5.74) is 4.33. The van der Waals surface area contributed by atoms with Gasteiger partial charge >= 0.3 is 0 Å². The summed E-state index contributed by atoms with van der Waals surface area (Å²) in [6.07, 6.45) is 6.26. The van der Waals surface area contributed by atoms with Crippen molar-refractivity contribution in [3.05, 3.63) is 60.2 Å². The summed E-state index contributed by atoms with van der Waals surface area (Å²) < 4.78 is 0. The van der Waals surface area contributed by atoms with E-state index in [0.717, 1.165) is 17.5 Å². The summed E-state index contributed by atoms with van der Waals surface area (Å²) in [6.45, 7) is 0. The Bertz CT molecular complexity index is 594. The molecule has 0 spiro atoms. The predicted octanol–water partition coefficient (Wildman–Crippen LogP) is 2.55. The Morgan fingerprint density at radius 2 is 1.94 bits per heavy atom. The van der Waals surface area contributed by atoms with Gasteiger partial charge in [0.1, 0.15) is 0 Å². The number of para-hydroxylation sites is 1. The van der Waals surface area contributed by atoms with Crippen LogP contribution in [-0.4, -0.2) is 15.0 Å². The zero-order valence-electron chi connectivity index (χ0n) is 8.72. The molecule has 0 aliphatic carbocycles. The Morgan fingerprint density at radius 3 is 2.81 bits per heavy atom. The van der Waals surface area contributed by atoms with Gasteiger partial charge in [0.15, 0.2) is 0 Å².